The van der Waals surface area contributed by atoms with E-state index >= 15 is 0 Å². The molecule has 4 rings (SSSR count). The first-order valence-corrected chi connectivity index (χ1v) is 11.0. The Labute approximate surface area is 217 Å². The van der Waals surface area contributed by atoms with E-state index in [0.717, 1.165) is 36.8 Å². The van der Waals surface area contributed by atoms with E-state index in [9.17, 15) is 4.79 Å². The van der Waals surface area contributed by atoms with Crippen LogP contribution in [0.5, 0.6) is 0 Å². The molecule has 1 fully saturated rings. The lowest BCUT2D eigenvalue weighted by atomic mass is 9.92. The fourth-order valence-electron chi connectivity index (χ4n) is 3.92. The molecule has 1 aliphatic carbocycles. The van der Waals surface area contributed by atoms with Crippen LogP contribution in [0, 0.1) is 0 Å². The maximum Gasteiger partial charge on any atom is 0.227 e. The fourth-order valence-corrected chi connectivity index (χ4v) is 3.92. The van der Waals surface area contributed by atoms with Crippen LogP contribution in [0.3, 0.4) is 0 Å². The number of nitrogens with zero attached hydrogens (tertiary/aromatic N) is 5. The predicted octanol–water partition coefficient (Wildman–Crippen LogP) is 4.15. The SMILES string of the molecule is CC(C)n1cnc2c(NCCCC(=O)c3ncc[nH]3)nc(NC3CCC(N)CC3)nc21.Cl.Cl.Cl. The standard InChI is InChI=1S/C21H31N9O.3ClH/c1-13(2)30-12-26-17-19(23-9-3-4-16(31)18-24-10-11-25-18)28-21(29-20(17)30)27-15-7-5-14(22)6-8-15;;;/h10-15H,3-9,22H2,1-2H3,(H,24,25)(H2,23,27,28,29);3*1H. The molecule has 5 N–H and O–H groups in total. The molecule has 1 aliphatic rings. The highest BCUT2D eigenvalue weighted by molar-refractivity contribution is 5.92. The summed E-state index contributed by atoms with van der Waals surface area (Å²) in [5.41, 5.74) is 7.58. The molecule has 34 heavy (non-hydrogen) atoms. The molecule has 10 nitrogen and oxygen atoms in total. The Balaban J connectivity index is 0.00000193. The number of hydrogen-bond acceptors (Lipinski definition) is 8. The quantitative estimate of drug-likeness (QED) is 0.237. The molecule has 0 amide bonds. The number of H-pyrrole nitrogens is 1. The Morgan fingerprint density at radius 2 is 1.91 bits per heavy atom. The summed E-state index contributed by atoms with van der Waals surface area (Å²) >= 11 is 0. The maximum absolute atomic E-state index is 12.1. The van der Waals surface area contributed by atoms with E-state index in [1.165, 1.54) is 0 Å². The number of halogens is 3. The summed E-state index contributed by atoms with van der Waals surface area (Å²) < 4.78 is 2.05. The monoisotopic (exact) mass is 533 g/mol. The lowest BCUT2D eigenvalue weighted by Crippen LogP contribution is -2.33. The maximum atomic E-state index is 12.1. The van der Waals surface area contributed by atoms with E-state index in [1.54, 1.807) is 18.7 Å². The van der Waals surface area contributed by atoms with Gasteiger partial charge in [0.15, 0.2) is 28.6 Å². The van der Waals surface area contributed by atoms with Crippen LogP contribution in [0.4, 0.5) is 11.8 Å². The molecule has 0 aromatic carbocycles. The minimum absolute atomic E-state index is 0. The van der Waals surface area contributed by atoms with Gasteiger partial charge in [0.05, 0.1) is 6.33 Å². The van der Waals surface area contributed by atoms with Crippen molar-refractivity contribution in [2.75, 3.05) is 17.2 Å². The van der Waals surface area contributed by atoms with Crippen LogP contribution in [0.2, 0.25) is 0 Å². The molecule has 0 atom stereocenters. The van der Waals surface area contributed by atoms with Crippen LogP contribution in [0.25, 0.3) is 11.2 Å². The van der Waals surface area contributed by atoms with Gasteiger partial charge in [-0.3, -0.25) is 4.79 Å². The van der Waals surface area contributed by atoms with Crippen LogP contribution in [0.15, 0.2) is 18.7 Å². The van der Waals surface area contributed by atoms with Crippen LogP contribution in [-0.2, 0) is 0 Å². The summed E-state index contributed by atoms with van der Waals surface area (Å²) in [5, 5.41) is 6.85. The van der Waals surface area contributed by atoms with Gasteiger partial charge in [0.1, 0.15) is 0 Å². The number of fused-ring (bicyclic) bond motifs is 1. The van der Waals surface area contributed by atoms with E-state index < -0.39 is 0 Å². The highest BCUT2D eigenvalue weighted by Gasteiger charge is 2.21. The van der Waals surface area contributed by atoms with Gasteiger partial charge in [-0.05, 0) is 46.0 Å². The van der Waals surface area contributed by atoms with Gasteiger partial charge in [-0.2, -0.15) is 9.97 Å². The molecule has 0 radical (unpaired) electrons. The predicted molar refractivity (Wildman–Crippen MR) is 142 cm³/mol. The molecule has 1 saturated carbocycles. The van der Waals surface area contributed by atoms with Gasteiger partial charge in [0, 0.05) is 43.5 Å². The largest absolute Gasteiger partial charge is 0.368 e. The van der Waals surface area contributed by atoms with Gasteiger partial charge in [-0.1, -0.05) is 0 Å². The molecule has 3 heterocycles. The minimum Gasteiger partial charge on any atom is -0.368 e. The number of rotatable bonds is 9. The smallest absolute Gasteiger partial charge is 0.227 e. The summed E-state index contributed by atoms with van der Waals surface area (Å²) in [6.07, 6.45) is 10.2. The number of carbonyl (C=O) groups excluding carboxylic acids is 1. The number of hydrogen-bond donors (Lipinski definition) is 4. The molecule has 3 aromatic rings. The third-order valence-electron chi connectivity index (χ3n) is 5.72. The zero-order valence-electron chi connectivity index (χ0n) is 19.4. The third-order valence-corrected chi connectivity index (χ3v) is 5.72. The van der Waals surface area contributed by atoms with Crippen molar-refractivity contribution in [3.63, 3.8) is 0 Å². The Bertz CT molecular complexity index is 1020. The van der Waals surface area contributed by atoms with E-state index in [1.807, 2.05) is 4.57 Å². The van der Waals surface area contributed by atoms with Crippen LogP contribution in [0.1, 0.15) is 69.0 Å². The average molecular weight is 535 g/mol. The van der Waals surface area contributed by atoms with Gasteiger partial charge in [-0.15, -0.1) is 37.2 Å². The lowest BCUT2D eigenvalue weighted by molar-refractivity contribution is 0.0972. The molecule has 13 heteroatoms. The lowest BCUT2D eigenvalue weighted by Gasteiger charge is -2.27. The van der Waals surface area contributed by atoms with Gasteiger partial charge < -0.3 is 25.9 Å². The zero-order chi connectivity index (χ0) is 21.8. The molecule has 0 spiro atoms. The molecule has 3 aromatic heterocycles. The van der Waals surface area contributed by atoms with E-state index in [2.05, 4.69) is 39.4 Å². The van der Waals surface area contributed by atoms with Crippen molar-refractivity contribution in [1.82, 2.24) is 29.5 Å². The number of nitrogens with one attached hydrogen (secondary N) is 3. The number of aromatic nitrogens is 6. The normalized spacial score (nSPS) is 17.4. The zero-order valence-corrected chi connectivity index (χ0v) is 21.8. The number of ketones is 1. The summed E-state index contributed by atoms with van der Waals surface area (Å²) in [7, 11) is 0. The Morgan fingerprint density at radius 3 is 2.56 bits per heavy atom. The second kappa shape index (κ2) is 13.7. The molecular weight excluding hydrogens is 501 g/mol. The second-order valence-electron chi connectivity index (χ2n) is 8.46. The van der Waals surface area contributed by atoms with Crippen molar-refractivity contribution in [1.29, 1.82) is 0 Å². The van der Waals surface area contributed by atoms with Crippen molar-refractivity contribution < 1.29 is 4.79 Å². The van der Waals surface area contributed by atoms with Crippen LogP contribution >= 0.6 is 37.2 Å². The third kappa shape index (κ3) is 7.18. The van der Waals surface area contributed by atoms with Crippen molar-refractivity contribution in [3.05, 3.63) is 24.5 Å². The summed E-state index contributed by atoms with van der Waals surface area (Å²) in [4.78, 5) is 33.0. The number of aromatic amines is 1. The number of anilines is 2. The molecule has 0 saturated heterocycles. The number of imidazole rings is 2. The molecule has 0 bridgehead atoms. The van der Waals surface area contributed by atoms with Crippen molar-refractivity contribution >= 4 is 65.9 Å². The first kappa shape index (κ1) is 29.9. The summed E-state index contributed by atoms with van der Waals surface area (Å²) in [6, 6.07) is 0.857. The molecule has 190 valence electrons. The topological polar surface area (TPSA) is 139 Å². The Kier molecular flexibility index (Phi) is 12.0. The van der Waals surface area contributed by atoms with Gasteiger partial charge >= 0.3 is 0 Å². The first-order valence-electron chi connectivity index (χ1n) is 11.0. The molecular formula is C21H34Cl3N9O. The molecule has 0 aliphatic heterocycles. The number of carbonyl (C=O) groups is 1. The van der Waals surface area contributed by atoms with E-state index in [-0.39, 0.29) is 49.0 Å². The summed E-state index contributed by atoms with van der Waals surface area (Å²) in [5.74, 6) is 1.69. The van der Waals surface area contributed by atoms with Crippen molar-refractivity contribution in [2.45, 2.75) is 70.5 Å². The van der Waals surface area contributed by atoms with Crippen molar-refractivity contribution in [3.8, 4) is 0 Å². The Hall–Kier alpha value is -2.14. The van der Waals surface area contributed by atoms with Gasteiger partial charge in [0.25, 0.3) is 0 Å². The second-order valence-corrected chi connectivity index (χ2v) is 8.46. The average Bonchev–Trinajstić information content (AvgIpc) is 3.43. The number of Topliss-reactive ketones (excluding diaryl/α,β-unsaturated/α-hetero) is 1. The van der Waals surface area contributed by atoms with Gasteiger partial charge in [-0.25, -0.2) is 9.97 Å². The minimum atomic E-state index is 0. The van der Waals surface area contributed by atoms with Crippen LogP contribution in [-0.4, -0.2) is 53.9 Å². The van der Waals surface area contributed by atoms with Crippen LogP contribution < -0.4 is 16.4 Å². The highest BCUT2D eigenvalue weighted by Crippen LogP contribution is 2.25. The molecule has 0 unspecified atom stereocenters. The van der Waals surface area contributed by atoms with Crippen molar-refractivity contribution in [2.24, 2.45) is 5.73 Å². The highest BCUT2D eigenvalue weighted by atomic mass is 35.5. The first-order chi connectivity index (χ1) is 15.0. The number of nitrogens with two attached hydrogens (primary N) is 1. The van der Waals surface area contributed by atoms with Gasteiger partial charge in [0.2, 0.25) is 5.95 Å². The summed E-state index contributed by atoms with van der Waals surface area (Å²) in [6.45, 7) is 4.81. The fraction of sp³-hybridized carbons (Fsp3) is 0.571. The Morgan fingerprint density at radius 1 is 1.18 bits per heavy atom. The van der Waals surface area contributed by atoms with E-state index in [4.69, 9.17) is 15.7 Å². The van der Waals surface area contributed by atoms with E-state index in [0.29, 0.717) is 49.1 Å².